The van der Waals surface area contributed by atoms with Crippen LogP contribution in [-0.2, 0) is 4.74 Å². The van der Waals surface area contributed by atoms with Gasteiger partial charge in [0.1, 0.15) is 5.56 Å². The first-order valence-electron chi connectivity index (χ1n) is 4.61. The van der Waals surface area contributed by atoms with Crippen molar-refractivity contribution in [3.63, 3.8) is 0 Å². The predicted molar refractivity (Wildman–Crippen MR) is 60.9 cm³/mol. The number of hydrogen-bond donors (Lipinski definition) is 1. The first-order chi connectivity index (χ1) is 7.43. The highest BCUT2D eigenvalue weighted by atomic mass is 32.1. The lowest BCUT2D eigenvalue weighted by atomic mass is 10.2. The summed E-state index contributed by atoms with van der Waals surface area (Å²) in [5.74, 6) is -0.711. The Kier molecular flexibility index (Phi) is 3.89. The molecule has 0 saturated heterocycles. The van der Waals surface area contributed by atoms with Gasteiger partial charge in [0.25, 0.3) is 5.69 Å². The van der Waals surface area contributed by atoms with Gasteiger partial charge in [0.2, 0.25) is 0 Å². The first-order valence-corrected chi connectivity index (χ1v) is 5.05. The number of nitro groups is 1. The van der Waals surface area contributed by atoms with Crippen LogP contribution in [0.4, 0.5) is 5.69 Å². The average Bonchev–Trinajstić information content (AvgIpc) is 2.15. The van der Waals surface area contributed by atoms with E-state index in [2.05, 4.69) is 12.6 Å². The second-order valence-corrected chi connectivity index (χ2v) is 3.87. The third-order valence-corrected chi connectivity index (χ3v) is 2.12. The van der Waals surface area contributed by atoms with Gasteiger partial charge in [-0.15, -0.1) is 12.6 Å². The molecule has 1 rings (SSSR count). The fraction of sp³-hybridized carbons (Fsp3) is 0.300. The number of thiol groups is 1. The predicted octanol–water partition coefficient (Wildman–Crippen LogP) is 2.45. The molecule has 1 aromatic carbocycles. The maximum Gasteiger partial charge on any atom is 0.345 e. The van der Waals surface area contributed by atoms with Crippen LogP contribution < -0.4 is 0 Å². The fourth-order valence-electron chi connectivity index (χ4n) is 1.17. The molecule has 6 heteroatoms. The maximum absolute atomic E-state index is 11.6. The van der Waals surface area contributed by atoms with Crippen LogP contribution in [0.2, 0.25) is 0 Å². The van der Waals surface area contributed by atoms with E-state index in [0.717, 1.165) is 0 Å². The average molecular weight is 241 g/mol. The Hall–Kier alpha value is -1.56. The molecule has 0 atom stereocenters. The third-order valence-electron chi connectivity index (χ3n) is 1.76. The van der Waals surface area contributed by atoms with Crippen LogP contribution in [0.5, 0.6) is 0 Å². The van der Waals surface area contributed by atoms with Gasteiger partial charge in [0.15, 0.2) is 0 Å². The van der Waals surface area contributed by atoms with Crippen LogP contribution in [0, 0.1) is 10.1 Å². The molecule has 0 radical (unpaired) electrons. The first kappa shape index (κ1) is 12.5. The van der Waals surface area contributed by atoms with E-state index in [1.165, 1.54) is 18.2 Å². The summed E-state index contributed by atoms with van der Waals surface area (Å²) in [6.45, 7) is 3.35. The summed E-state index contributed by atoms with van der Waals surface area (Å²) in [6, 6.07) is 4.32. The van der Waals surface area contributed by atoms with Crippen LogP contribution in [0.25, 0.3) is 0 Å². The number of carbonyl (C=O) groups excluding carboxylic acids is 1. The lowest BCUT2D eigenvalue weighted by Crippen LogP contribution is -2.13. The van der Waals surface area contributed by atoms with Crippen molar-refractivity contribution in [1.82, 2.24) is 0 Å². The SMILES string of the molecule is CC(C)OC(=O)c1cccc(S)c1[N+](=O)[O-]. The van der Waals surface area contributed by atoms with E-state index in [9.17, 15) is 14.9 Å². The van der Waals surface area contributed by atoms with Gasteiger partial charge in [-0.25, -0.2) is 4.79 Å². The van der Waals surface area contributed by atoms with Crippen LogP contribution in [-0.4, -0.2) is 17.0 Å². The zero-order valence-corrected chi connectivity index (χ0v) is 9.73. The molecule has 0 spiro atoms. The van der Waals surface area contributed by atoms with Crippen molar-refractivity contribution in [2.75, 3.05) is 0 Å². The van der Waals surface area contributed by atoms with Gasteiger partial charge < -0.3 is 4.74 Å². The number of carbonyl (C=O) groups is 1. The summed E-state index contributed by atoms with van der Waals surface area (Å²) in [5, 5.41) is 10.8. The van der Waals surface area contributed by atoms with E-state index in [-0.39, 0.29) is 22.3 Å². The zero-order valence-electron chi connectivity index (χ0n) is 8.84. The minimum atomic E-state index is -0.711. The molecule has 0 fully saturated rings. The minimum absolute atomic E-state index is 0.0776. The summed E-state index contributed by atoms with van der Waals surface area (Å²) in [6.07, 6.45) is -0.323. The Morgan fingerprint density at radius 3 is 2.62 bits per heavy atom. The minimum Gasteiger partial charge on any atom is -0.459 e. The highest BCUT2D eigenvalue weighted by Crippen LogP contribution is 2.27. The molecule has 0 amide bonds. The zero-order chi connectivity index (χ0) is 12.3. The molecule has 0 bridgehead atoms. The van der Waals surface area contributed by atoms with Gasteiger partial charge in [-0.1, -0.05) is 6.07 Å². The molecule has 1 aromatic rings. The smallest absolute Gasteiger partial charge is 0.345 e. The molecular formula is C10H11NO4S. The molecule has 86 valence electrons. The number of nitro benzene ring substituents is 1. The van der Waals surface area contributed by atoms with E-state index in [0.29, 0.717) is 0 Å². The molecule has 0 heterocycles. The topological polar surface area (TPSA) is 69.4 Å². The molecule has 0 unspecified atom stereocenters. The third kappa shape index (κ3) is 2.73. The number of ether oxygens (including phenoxy) is 1. The Balaban J connectivity index is 3.18. The van der Waals surface area contributed by atoms with Gasteiger partial charge >= 0.3 is 5.97 Å². The number of rotatable bonds is 3. The van der Waals surface area contributed by atoms with Gasteiger partial charge in [-0.05, 0) is 26.0 Å². The monoisotopic (exact) mass is 241 g/mol. The summed E-state index contributed by atoms with van der Waals surface area (Å²) < 4.78 is 4.90. The van der Waals surface area contributed by atoms with E-state index in [4.69, 9.17) is 4.74 Å². The number of benzene rings is 1. The van der Waals surface area contributed by atoms with E-state index < -0.39 is 10.9 Å². The van der Waals surface area contributed by atoms with Crippen molar-refractivity contribution in [3.05, 3.63) is 33.9 Å². The van der Waals surface area contributed by atoms with Crippen LogP contribution >= 0.6 is 12.6 Å². The fourth-order valence-corrected chi connectivity index (χ4v) is 1.45. The summed E-state index contributed by atoms with van der Waals surface area (Å²) in [5.41, 5.74) is -0.400. The number of esters is 1. The van der Waals surface area contributed by atoms with Crippen molar-refractivity contribution in [2.24, 2.45) is 0 Å². The molecule has 0 saturated carbocycles. The normalized spacial score (nSPS) is 10.2. The van der Waals surface area contributed by atoms with Gasteiger partial charge in [-0.2, -0.15) is 0 Å². The van der Waals surface area contributed by atoms with Crippen LogP contribution in [0.15, 0.2) is 23.1 Å². The van der Waals surface area contributed by atoms with E-state index in [1.54, 1.807) is 13.8 Å². The van der Waals surface area contributed by atoms with Crippen molar-refractivity contribution < 1.29 is 14.5 Å². The Morgan fingerprint density at radius 1 is 1.50 bits per heavy atom. The second kappa shape index (κ2) is 4.98. The lowest BCUT2D eigenvalue weighted by molar-refractivity contribution is -0.388. The molecule has 0 N–H and O–H groups in total. The molecule has 5 nitrogen and oxygen atoms in total. The molecule has 0 aliphatic carbocycles. The van der Waals surface area contributed by atoms with Gasteiger partial charge in [0, 0.05) is 0 Å². The lowest BCUT2D eigenvalue weighted by Gasteiger charge is -2.08. The summed E-state index contributed by atoms with van der Waals surface area (Å²) in [4.78, 5) is 21.9. The largest absolute Gasteiger partial charge is 0.459 e. The highest BCUT2D eigenvalue weighted by Gasteiger charge is 2.24. The van der Waals surface area contributed by atoms with Crippen LogP contribution in [0.1, 0.15) is 24.2 Å². The van der Waals surface area contributed by atoms with Crippen molar-refractivity contribution in [3.8, 4) is 0 Å². The van der Waals surface area contributed by atoms with Crippen molar-refractivity contribution >= 4 is 24.3 Å². The molecule has 0 aliphatic heterocycles. The molecule has 16 heavy (non-hydrogen) atoms. The second-order valence-electron chi connectivity index (χ2n) is 3.38. The summed E-state index contributed by atoms with van der Waals surface area (Å²) >= 11 is 3.94. The van der Waals surface area contributed by atoms with Crippen molar-refractivity contribution in [2.45, 2.75) is 24.8 Å². The Bertz CT molecular complexity index is 431. The molecule has 0 aromatic heterocycles. The standard InChI is InChI=1S/C10H11NO4S/c1-6(2)15-10(12)7-4-3-5-8(16)9(7)11(13)14/h3-6,16H,1-2H3. The highest BCUT2D eigenvalue weighted by molar-refractivity contribution is 7.80. The van der Waals surface area contributed by atoms with E-state index in [1.807, 2.05) is 0 Å². The molecular weight excluding hydrogens is 230 g/mol. The molecule has 0 aliphatic rings. The number of hydrogen-bond acceptors (Lipinski definition) is 5. The Labute approximate surface area is 98.0 Å². The van der Waals surface area contributed by atoms with E-state index >= 15 is 0 Å². The van der Waals surface area contributed by atoms with Crippen LogP contribution in [0.3, 0.4) is 0 Å². The van der Waals surface area contributed by atoms with Gasteiger partial charge in [-0.3, -0.25) is 10.1 Å². The number of para-hydroxylation sites is 1. The summed E-state index contributed by atoms with van der Waals surface area (Å²) in [7, 11) is 0. The van der Waals surface area contributed by atoms with Crippen molar-refractivity contribution in [1.29, 1.82) is 0 Å². The maximum atomic E-state index is 11.6. The Morgan fingerprint density at radius 2 is 2.12 bits per heavy atom. The number of nitrogens with zero attached hydrogens (tertiary/aromatic N) is 1. The van der Waals surface area contributed by atoms with Gasteiger partial charge in [0.05, 0.1) is 15.9 Å². The quantitative estimate of drug-likeness (QED) is 0.382.